The van der Waals surface area contributed by atoms with E-state index in [4.69, 9.17) is 5.11 Å². The average molecular weight is 255 g/mol. The summed E-state index contributed by atoms with van der Waals surface area (Å²) in [6.07, 6.45) is 1.03. The number of nitrogens with one attached hydrogen (secondary N) is 1. The second-order valence-corrected chi connectivity index (χ2v) is 6.32. The van der Waals surface area contributed by atoms with Crippen LogP contribution < -0.4 is 5.32 Å². The average Bonchev–Trinajstić information content (AvgIpc) is 2.71. The molecule has 0 aliphatic carbocycles. The summed E-state index contributed by atoms with van der Waals surface area (Å²) in [5, 5.41) is 14.8. The molecule has 98 valence electrons. The number of hydrogen-bond donors (Lipinski definition) is 2. The highest BCUT2D eigenvalue weighted by Crippen LogP contribution is 2.30. The molecule has 1 unspecified atom stereocenters. The molecule has 0 spiro atoms. The van der Waals surface area contributed by atoms with E-state index in [-0.39, 0.29) is 12.0 Å². The fourth-order valence-corrected chi connectivity index (χ4v) is 3.13. The van der Waals surface area contributed by atoms with Crippen molar-refractivity contribution in [1.29, 1.82) is 0 Å². The molecule has 1 atom stereocenters. The maximum Gasteiger partial charge on any atom is 0.0471 e. The van der Waals surface area contributed by atoms with E-state index in [0.29, 0.717) is 5.92 Å². The predicted molar refractivity (Wildman–Crippen MR) is 75.8 cm³/mol. The molecule has 0 bridgehead atoms. The first-order valence-corrected chi connectivity index (χ1v) is 7.25. The zero-order valence-electron chi connectivity index (χ0n) is 11.4. The highest BCUT2D eigenvalue weighted by molar-refractivity contribution is 7.10. The first-order valence-electron chi connectivity index (χ1n) is 6.37. The maximum atomic E-state index is 9.15. The van der Waals surface area contributed by atoms with Crippen LogP contribution >= 0.6 is 11.3 Å². The monoisotopic (exact) mass is 255 g/mol. The highest BCUT2D eigenvalue weighted by Gasteiger charge is 2.23. The molecule has 2 N–H and O–H groups in total. The van der Waals surface area contributed by atoms with Crippen molar-refractivity contribution < 1.29 is 5.11 Å². The third-order valence-electron chi connectivity index (χ3n) is 3.31. The van der Waals surface area contributed by atoms with Gasteiger partial charge in [0.25, 0.3) is 0 Å². The van der Waals surface area contributed by atoms with Crippen molar-refractivity contribution in [3.63, 3.8) is 0 Å². The first-order chi connectivity index (χ1) is 8.01. The van der Waals surface area contributed by atoms with Crippen LogP contribution in [0.3, 0.4) is 0 Å². The van der Waals surface area contributed by atoms with Gasteiger partial charge in [-0.1, -0.05) is 20.8 Å². The molecule has 0 aliphatic rings. The summed E-state index contributed by atoms with van der Waals surface area (Å²) < 4.78 is 0. The zero-order chi connectivity index (χ0) is 12.9. The number of rotatable bonds is 7. The van der Waals surface area contributed by atoms with Crippen molar-refractivity contribution in [2.24, 2.45) is 5.92 Å². The Morgan fingerprint density at radius 3 is 2.65 bits per heavy atom. The van der Waals surface area contributed by atoms with Gasteiger partial charge in [-0.3, -0.25) is 0 Å². The van der Waals surface area contributed by atoms with Gasteiger partial charge in [0.2, 0.25) is 0 Å². The Morgan fingerprint density at radius 1 is 1.47 bits per heavy atom. The molecule has 2 nitrogen and oxygen atoms in total. The van der Waals surface area contributed by atoms with Gasteiger partial charge in [-0.15, -0.1) is 11.3 Å². The van der Waals surface area contributed by atoms with Gasteiger partial charge in [0, 0.05) is 30.0 Å². The lowest BCUT2D eigenvalue weighted by atomic mass is 9.89. The number of aliphatic hydroxyl groups is 1. The second-order valence-electron chi connectivity index (χ2n) is 5.40. The molecule has 0 radical (unpaired) electrons. The molecule has 0 aliphatic heterocycles. The minimum absolute atomic E-state index is 0.173. The van der Waals surface area contributed by atoms with E-state index in [9.17, 15) is 0 Å². The fourth-order valence-electron chi connectivity index (χ4n) is 2.07. The number of thiophene rings is 1. The lowest BCUT2D eigenvalue weighted by molar-refractivity contribution is 0.217. The number of aryl methyl sites for hydroxylation is 1. The largest absolute Gasteiger partial charge is 0.396 e. The third-order valence-corrected chi connectivity index (χ3v) is 4.69. The Kier molecular flexibility index (Phi) is 5.63. The van der Waals surface area contributed by atoms with Crippen molar-refractivity contribution in [2.45, 2.75) is 39.5 Å². The molecule has 3 heteroatoms. The van der Waals surface area contributed by atoms with Crippen molar-refractivity contribution in [1.82, 2.24) is 5.32 Å². The van der Waals surface area contributed by atoms with Gasteiger partial charge in [-0.2, -0.15) is 0 Å². The van der Waals surface area contributed by atoms with Crippen molar-refractivity contribution in [3.05, 3.63) is 21.9 Å². The zero-order valence-corrected chi connectivity index (χ0v) is 12.2. The second kappa shape index (κ2) is 6.53. The topological polar surface area (TPSA) is 32.3 Å². The van der Waals surface area contributed by atoms with Gasteiger partial charge in [0.15, 0.2) is 0 Å². The summed E-state index contributed by atoms with van der Waals surface area (Å²) in [6, 6.07) is 2.18. The van der Waals surface area contributed by atoms with Gasteiger partial charge < -0.3 is 10.4 Å². The molecule has 0 saturated carbocycles. The summed E-state index contributed by atoms with van der Waals surface area (Å²) in [7, 11) is 0. The van der Waals surface area contributed by atoms with Crippen LogP contribution in [0.15, 0.2) is 11.4 Å². The van der Waals surface area contributed by atoms with Crippen molar-refractivity contribution in [3.8, 4) is 0 Å². The number of aliphatic hydroxyl groups excluding tert-OH is 1. The van der Waals surface area contributed by atoms with Crippen LogP contribution in [0.5, 0.6) is 0 Å². The van der Waals surface area contributed by atoms with E-state index in [1.807, 2.05) is 11.3 Å². The Morgan fingerprint density at radius 2 is 2.18 bits per heavy atom. The molecule has 17 heavy (non-hydrogen) atoms. The minimum atomic E-state index is 0.173. The molecule has 1 heterocycles. The Hall–Kier alpha value is -0.380. The van der Waals surface area contributed by atoms with Crippen LogP contribution in [0.25, 0.3) is 0 Å². The van der Waals surface area contributed by atoms with Crippen LogP contribution in [0.1, 0.15) is 37.6 Å². The molecular weight excluding hydrogens is 230 g/mol. The molecule has 0 amide bonds. The Bertz CT molecular complexity index is 329. The lowest BCUT2D eigenvalue weighted by Gasteiger charge is -2.26. The minimum Gasteiger partial charge on any atom is -0.396 e. The summed E-state index contributed by atoms with van der Waals surface area (Å²) in [4.78, 5) is 1.46. The van der Waals surface area contributed by atoms with E-state index >= 15 is 0 Å². The molecular formula is C14H25NOS. The summed E-state index contributed by atoms with van der Waals surface area (Å²) in [6.45, 7) is 11.0. The van der Waals surface area contributed by atoms with E-state index in [2.05, 4.69) is 44.5 Å². The van der Waals surface area contributed by atoms with Crippen molar-refractivity contribution >= 4 is 11.3 Å². The molecule has 0 aromatic carbocycles. The summed E-state index contributed by atoms with van der Waals surface area (Å²) in [5.74, 6) is 0.384. The van der Waals surface area contributed by atoms with Crippen LogP contribution in [0.2, 0.25) is 0 Å². The van der Waals surface area contributed by atoms with Gasteiger partial charge in [0.05, 0.1) is 0 Å². The van der Waals surface area contributed by atoms with E-state index < -0.39 is 0 Å². The van der Waals surface area contributed by atoms with Crippen molar-refractivity contribution in [2.75, 3.05) is 19.7 Å². The Balaban J connectivity index is 2.48. The molecule has 1 aromatic rings. The van der Waals surface area contributed by atoms with Gasteiger partial charge in [-0.25, -0.2) is 0 Å². The smallest absolute Gasteiger partial charge is 0.0471 e. The van der Waals surface area contributed by atoms with Crippen LogP contribution in [0.4, 0.5) is 0 Å². The van der Waals surface area contributed by atoms with Gasteiger partial charge >= 0.3 is 0 Å². The molecule has 0 saturated heterocycles. The van der Waals surface area contributed by atoms with Gasteiger partial charge in [-0.05, 0) is 36.3 Å². The van der Waals surface area contributed by atoms with Crippen LogP contribution in [-0.2, 0) is 5.41 Å². The van der Waals surface area contributed by atoms with E-state index in [1.54, 1.807) is 0 Å². The quantitative estimate of drug-likeness (QED) is 0.785. The fraction of sp³-hybridized carbons (Fsp3) is 0.714. The number of hydrogen-bond acceptors (Lipinski definition) is 3. The van der Waals surface area contributed by atoms with Gasteiger partial charge in [0.1, 0.15) is 0 Å². The maximum absolute atomic E-state index is 9.15. The first kappa shape index (κ1) is 14.7. The summed E-state index contributed by atoms with van der Waals surface area (Å²) >= 11 is 1.84. The lowest BCUT2D eigenvalue weighted by Crippen LogP contribution is -2.36. The molecule has 1 aromatic heterocycles. The predicted octanol–water partition coefficient (Wildman–Crippen LogP) is 2.94. The third kappa shape index (κ3) is 4.09. The SMILES string of the molecule is CCC(CO)CNCC(C)(C)c1sccc1C. The van der Waals surface area contributed by atoms with Crippen LogP contribution in [0, 0.1) is 12.8 Å². The Labute approximate surface area is 109 Å². The van der Waals surface area contributed by atoms with Crippen LogP contribution in [-0.4, -0.2) is 24.8 Å². The molecule has 0 fully saturated rings. The van der Waals surface area contributed by atoms with E-state index in [0.717, 1.165) is 19.5 Å². The van der Waals surface area contributed by atoms with E-state index in [1.165, 1.54) is 10.4 Å². The normalized spacial score (nSPS) is 13.9. The summed E-state index contributed by atoms with van der Waals surface area (Å²) in [5.41, 5.74) is 1.56. The highest BCUT2D eigenvalue weighted by atomic mass is 32.1. The standard InChI is InChI=1S/C14H25NOS/c1-5-12(9-16)8-15-10-14(3,4)13-11(2)6-7-17-13/h6-7,12,15-16H,5,8-10H2,1-4H3. The molecule has 1 rings (SSSR count).